The lowest BCUT2D eigenvalue weighted by molar-refractivity contribution is -0.0835. The van der Waals surface area contributed by atoms with E-state index >= 15 is 0 Å². The minimum atomic E-state index is -0.00795. The Morgan fingerprint density at radius 1 is 0.895 bits per heavy atom. The second kappa shape index (κ2) is 11.4. The topological polar surface area (TPSA) is 45.0 Å². The summed E-state index contributed by atoms with van der Waals surface area (Å²) in [5, 5.41) is 0. The summed E-state index contributed by atoms with van der Waals surface area (Å²) in [6.07, 6.45) is 1.91. The molecule has 0 aliphatic carbocycles. The van der Waals surface area contributed by atoms with Crippen molar-refractivity contribution in [3.05, 3.63) is 118 Å². The Morgan fingerprint density at radius 2 is 1.68 bits per heavy atom. The average molecular weight is 507 g/mol. The van der Waals surface area contributed by atoms with Crippen LogP contribution >= 0.6 is 0 Å². The second-order valence-electron chi connectivity index (χ2n) is 10.1. The van der Waals surface area contributed by atoms with Crippen LogP contribution in [0.2, 0.25) is 0 Å². The predicted molar refractivity (Wildman–Crippen MR) is 149 cm³/mol. The van der Waals surface area contributed by atoms with Crippen LogP contribution in [0.3, 0.4) is 0 Å². The van der Waals surface area contributed by atoms with Crippen molar-refractivity contribution in [2.45, 2.75) is 39.0 Å². The van der Waals surface area contributed by atoms with Gasteiger partial charge in [0.25, 0.3) is 0 Å². The summed E-state index contributed by atoms with van der Waals surface area (Å²) in [5.74, 6) is 0.876. The highest BCUT2D eigenvalue weighted by molar-refractivity contribution is 5.71. The van der Waals surface area contributed by atoms with Crippen LogP contribution in [0.15, 0.2) is 89.9 Å². The van der Waals surface area contributed by atoms with Gasteiger partial charge in [0.15, 0.2) is 0 Å². The maximum Gasteiger partial charge on any atom is 0.131 e. The first-order valence-electron chi connectivity index (χ1n) is 13.5. The molecule has 2 aliphatic heterocycles. The van der Waals surface area contributed by atoms with Crippen LogP contribution in [0.5, 0.6) is 5.75 Å². The molecule has 0 N–H and O–H groups in total. The lowest BCUT2D eigenvalue weighted by Crippen LogP contribution is -2.33. The molecule has 6 rings (SSSR count). The SMILES string of the molecule is Cc1c(OCc2ccccc2)c/c(=N\C[C@@H]2COCCO2)n2c1-c1ccc(Cc3ccccc3)cc1CC2. The number of fused-ring (bicyclic) bond motifs is 3. The number of benzene rings is 3. The van der Waals surface area contributed by atoms with E-state index in [-0.39, 0.29) is 6.10 Å². The molecule has 38 heavy (non-hydrogen) atoms. The van der Waals surface area contributed by atoms with Crippen LogP contribution in [0.25, 0.3) is 11.3 Å². The molecule has 1 fully saturated rings. The third kappa shape index (κ3) is 5.45. The molecule has 2 aliphatic rings. The van der Waals surface area contributed by atoms with Gasteiger partial charge in [-0.1, -0.05) is 78.9 Å². The van der Waals surface area contributed by atoms with Gasteiger partial charge in [-0.15, -0.1) is 0 Å². The van der Waals surface area contributed by atoms with Crippen molar-refractivity contribution in [1.82, 2.24) is 4.57 Å². The van der Waals surface area contributed by atoms with Gasteiger partial charge in [0, 0.05) is 23.7 Å². The first-order valence-corrected chi connectivity index (χ1v) is 13.5. The fourth-order valence-corrected chi connectivity index (χ4v) is 5.42. The maximum atomic E-state index is 6.41. The number of aromatic nitrogens is 1. The molecule has 194 valence electrons. The summed E-state index contributed by atoms with van der Waals surface area (Å²) in [7, 11) is 0. The molecule has 0 unspecified atom stereocenters. The van der Waals surface area contributed by atoms with Crippen LogP contribution in [0.1, 0.15) is 27.8 Å². The van der Waals surface area contributed by atoms with Crippen molar-refractivity contribution >= 4 is 0 Å². The summed E-state index contributed by atoms with van der Waals surface area (Å²) < 4.78 is 20.2. The van der Waals surface area contributed by atoms with Gasteiger partial charge in [-0.05, 0) is 42.0 Å². The number of hydrogen-bond donors (Lipinski definition) is 0. The monoisotopic (exact) mass is 506 g/mol. The Labute approximate surface area is 224 Å². The normalized spacial score (nSPS) is 17.1. The molecule has 5 nitrogen and oxygen atoms in total. The highest BCUT2D eigenvalue weighted by Crippen LogP contribution is 2.35. The van der Waals surface area contributed by atoms with E-state index < -0.39 is 0 Å². The summed E-state index contributed by atoms with van der Waals surface area (Å²) >= 11 is 0. The van der Waals surface area contributed by atoms with E-state index in [0.29, 0.717) is 33.0 Å². The number of ether oxygens (including phenoxy) is 3. The summed E-state index contributed by atoms with van der Waals surface area (Å²) in [6.45, 7) is 6.02. The maximum absolute atomic E-state index is 6.41. The number of pyridine rings is 1. The Hall–Kier alpha value is -3.67. The van der Waals surface area contributed by atoms with Crippen LogP contribution in [0, 0.1) is 6.92 Å². The van der Waals surface area contributed by atoms with Crippen molar-refractivity contribution in [3.8, 4) is 17.0 Å². The largest absolute Gasteiger partial charge is 0.488 e. The molecule has 3 heterocycles. The quantitative estimate of drug-likeness (QED) is 0.332. The van der Waals surface area contributed by atoms with Crippen LogP contribution in [0.4, 0.5) is 0 Å². The lowest BCUT2D eigenvalue weighted by Gasteiger charge is -2.27. The molecule has 0 radical (unpaired) electrons. The number of hydrogen-bond acceptors (Lipinski definition) is 4. The molecule has 1 aromatic heterocycles. The molecule has 1 atom stereocenters. The van der Waals surface area contributed by atoms with Crippen molar-refractivity contribution in [2.24, 2.45) is 4.99 Å². The second-order valence-corrected chi connectivity index (χ2v) is 10.1. The summed E-state index contributed by atoms with van der Waals surface area (Å²) in [4.78, 5) is 5.02. The molecule has 0 saturated carbocycles. The molecule has 3 aromatic carbocycles. The molecule has 0 spiro atoms. The van der Waals surface area contributed by atoms with Gasteiger partial charge >= 0.3 is 0 Å². The number of nitrogens with zero attached hydrogens (tertiary/aromatic N) is 2. The van der Waals surface area contributed by atoms with E-state index in [4.69, 9.17) is 19.2 Å². The lowest BCUT2D eigenvalue weighted by atomic mass is 9.91. The fourth-order valence-electron chi connectivity index (χ4n) is 5.42. The van der Waals surface area contributed by atoms with E-state index in [2.05, 4.69) is 78.2 Å². The van der Waals surface area contributed by atoms with E-state index in [1.165, 1.54) is 27.9 Å². The summed E-state index contributed by atoms with van der Waals surface area (Å²) in [5.41, 5.74) is 9.76. The number of aryl methyl sites for hydroxylation is 1. The van der Waals surface area contributed by atoms with Gasteiger partial charge < -0.3 is 18.8 Å². The van der Waals surface area contributed by atoms with Crippen molar-refractivity contribution in [1.29, 1.82) is 0 Å². The standard InChI is InChI=1S/C33H34N2O3/c1-24-31(38-22-26-10-6-3-7-11-26)20-32(34-21-29-23-36-16-17-37-29)35-15-14-28-19-27(12-13-30(28)33(24)35)18-25-8-4-2-5-9-25/h2-13,19-20,29H,14-18,21-23H2,1H3/b34-32+/t29-/m1/s1. The Kier molecular flexibility index (Phi) is 7.38. The minimum Gasteiger partial charge on any atom is -0.488 e. The van der Waals surface area contributed by atoms with Crippen molar-refractivity contribution < 1.29 is 14.2 Å². The minimum absolute atomic E-state index is 0.00795. The molecule has 0 bridgehead atoms. The molecule has 4 aromatic rings. The highest BCUT2D eigenvalue weighted by atomic mass is 16.6. The molecule has 0 amide bonds. The summed E-state index contributed by atoms with van der Waals surface area (Å²) in [6, 6.07) is 30.0. The molecule has 1 saturated heterocycles. The zero-order valence-electron chi connectivity index (χ0n) is 21.9. The predicted octanol–water partition coefficient (Wildman–Crippen LogP) is 5.51. The van der Waals surface area contributed by atoms with Crippen LogP contribution < -0.4 is 10.2 Å². The van der Waals surface area contributed by atoms with Crippen molar-refractivity contribution in [3.63, 3.8) is 0 Å². The molecular formula is C33H34N2O3. The third-order valence-electron chi connectivity index (χ3n) is 7.39. The van der Waals surface area contributed by atoms with Gasteiger partial charge in [0.1, 0.15) is 23.9 Å². The Bertz CT molecular complexity index is 1460. The molecular weight excluding hydrogens is 472 g/mol. The highest BCUT2D eigenvalue weighted by Gasteiger charge is 2.22. The van der Waals surface area contributed by atoms with Gasteiger partial charge in [0.05, 0.1) is 32.1 Å². The number of rotatable bonds is 7. The zero-order valence-corrected chi connectivity index (χ0v) is 21.9. The van der Waals surface area contributed by atoms with Gasteiger partial charge in [0.2, 0.25) is 0 Å². The molecule has 5 heteroatoms. The van der Waals surface area contributed by atoms with E-state index in [1.807, 2.05) is 18.2 Å². The first kappa shape index (κ1) is 24.7. The Balaban J connectivity index is 1.37. The van der Waals surface area contributed by atoms with E-state index in [0.717, 1.165) is 41.8 Å². The van der Waals surface area contributed by atoms with Crippen LogP contribution in [-0.4, -0.2) is 37.0 Å². The van der Waals surface area contributed by atoms with Gasteiger partial charge in [-0.3, -0.25) is 4.99 Å². The van der Waals surface area contributed by atoms with Gasteiger partial charge in [-0.25, -0.2) is 0 Å². The van der Waals surface area contributed by atoms with Crippen molar-refractivity contribution in [2.75, 3.05) is 26.4 Å². The smallest absolute Gasteiger partial charge is 0.131 e. The van der Waals surface area contributed by atoms with Gasteiger partial charge in [-0.2, -0.15) is 0 Å². The Morgan fingerprint density at radius 3 is 2.45 bits per heavy atom. The average Bonchev–Trinajstić information content (AvgIpc) is 2.97. The first-order chi connectivity index (χ1) is 18.7. The zero-order chi connectivity index (χ0) is 25.7. The fraction of sp³-hybridized carbons (Fsp3) is 0.303. The third-order valence-corrected chi connectivity index (χ3v) is 7.39. The van der Waals surface area contributed by atoms with Crippen LogP contribution in [-0.2, 0) is 35.5 Å². The van der Waals surface area contributed by atoms with E-state index in [1.54, 1.807) is 0 Å². The van der Waals surface area contributed by atoms with E-state index in [9.17, 15) is 0 Å².